The molecule has 0 amide bonds. The fourth-order valence-corrected chi connectivity index (χ4v) is 1.23. The van der Waals surface area contributed by atoms with Gasteiger partial charge < -0.3 is 14.6 Å². The van der Waals surface area contributed by atoms with E-state index in [9.17, 15) is 23.1 Å². The number of alkyl halides is 3. The van der Waals surface area contributed by atoms with Gasteiger partial charge in [-0.25, -0.2) is 9.78 Å². The van der Waals surface area contributed by atoms with Gasteiger partial charge in [0.15, 0.2) is 17.2 Å². The Balaban J connectivity index is 3.18. The second-order valence-corrected chi connectivity index (χ2v) is 3.21. The van der Waals surface area contributed by atoms with Crippen molar-refractivity contribution in [1.82, 2.24) is 4.98 Å². The monoisotopic (exact) mass is 265 g/mol. The molecule has 0 aliphatic carbocycles. The lowest BCUT2D eigenvalue weighted by molar-refractivity contribution is -0.275. The third kappa shape index (κ3) is 3.25. The lowest BCUT2D eigenvalue weighted by Crippen LogP contribution is -2.19. The van der Waals surface area contributed by atoms with Crippen molar-refractivity contribution in [3.05, 3.63) is 17.5 Å². The van der Waals surface area contributed by atoms with Crippen LogP contribution in [0.15, 0.2) is 6.20 Å². The maximum atomic E-state index is 12.1. The zero-order valence-corrected chi connectivity index (χ0v) is 9.54. The van der Waals surface area contributed by atoms with Gasteiger partial charge in [0, 0.05) is 5.56 Å². The topological polar surface area (TPSA) is 68.7 Å². The Hall–Kier alpha value is -1.99. The molecule has 0 aromatic carbocycles. The lowest BCUT2D eigenvalue weighted by atomic mass is 10.2. The first kappa shape index (κ1) is 14.1. The summed E-state index contributed by atoms with van der Waals surface area (Å²) in [4.78, 5) is 14.9. The Kier molecular flexibility index (Phi) is 4.00. The van der Waals surface area contributed by atoms with Crippen LogP contribution in [0, 0.1) is 6.92 Å². The summed E-state index contributed by atoms with van der Waals surface area (Å²) >= 11 is 0. The van der Waals surface area contributed by atoms with Gasteiger partial charge in [0.1, 0.15) is 0 Å². The Morgan fingerprint density at radius 3 is 2.61 bits per heavy atom. The SMILES string of the molecule is CCOC(=O)c1ncc(O)c(OC(F)(F)F)c1C. The molecule has 1 N–H and O–H groups in total. The van der Waals surface area contributed by atoms with E-state index in [0.717, 1.165) is 0 Å². The Bertz CT molecular complexity index is 459. The molecule has 1 rings (SSSR count). The highest BCUT2D eigenvalue weighted by Gasteiger charge is 2.34. The molecule has 1 heterocycles. The number of esters is 1. The Morgan fingerprint density at radius 1 is 1.50 bits per heavy atom. The minimum Gasteiger partial charge on any atom is -0.503 e. The van der Waals surface area contributed by atoms with Crippen LogP contribution in [-0.2, 0) is 4.74 Å². The third-order valence-electron chi connectivity index (χ3n) is 1.93. The van der Waals surface area contributed by atoms with Crippen LogP contribution in [0.5, 0.6) is 11.5 Å². The molecule has 18 heavy (non-hydrogen) atoms. The number of pyridine rings is 1. The number of carbonyl (C=O) groups is 1. The first-order valence-corrected chi connectivity index (χ1v) is 4.87. The second kappa shape index (κ2) is 5.11. The summed E-state index contributed by atoms with van der Waals surface area (Å²) in [5.74, 6) is -2.56. The van der Waals surface area contributed by atoms with Gasteiger partial charge in [0.05, 0.1) is 12.8 Å². The summed E-state index contributed by atoms with van der Waals surface area (Å²) in [5.41, 5.74) is -0.584. The van der Waals surface area contributed by atoms with E-state index in [-0.39, 0.29) is 17.9 Å². The van der Waals surface area contributed by atoms with Gasteiger partial charge in [-0.3, -0.25) is 0 Å². The van der Waals surface area contributed by atoms with Crippen molar-refractivity contribution in [2.45, 2.75) is 20.2 Å². The summed E-state index contributed by atoms with van der Waals surface area (Å²) in [7, 11) is 0. The number of ether oxygens (including phenoxy) is 2. The number of aromatic hydroxyl groups is 1. The van der Waals surface area contributed by atoms with Gasteiger partial charge in [-0.15, -0.1) is 13.2 Å². The van der Waals surface area contributed by atoms with Gasteiger partial charge in [-0.05, 0) is 13.8 Å². The van der Waals surface area contributed by atoms with Gasteiger partial charge in [-0.2, -0.15) is 0 Å². The molecule has 100 valence electrons. The van der Waals surface area contributed by atoms with Crippen molar-refractivity contribution >= 4 is 5.97 Å². The number of halogens is 3. The van der Waals surface area contributed by atoms with Crippen molar-refractivity contribution in [3.8, 4) is 11.5 Å². The molecule has 0 fully saturated rings. The fourth-order valence-electron chi connectivity index (χ4n) is 1.23. The third-order valence-corrected chi connectivity index (χ3v) is 1.93. The predicted molar refractivity (Wildman–Crippen MR) is 53.3 cm³/mol. The maximum Gasteiger partial charge on any atom is 0.573 e. The predicted octanol–water partition coefficient (Wildman–Crippen LogP) is 2.17. The number of rotatable bonds is 3. The molecule has 0 saturated heterocycles. The van der Waals surface area contributed by atoms with Crippen LogP contribution in [0.25, 0.3) is 0 Å². The van der Waals surface area contributed by atoms with Crippen LogP contribution in [0.1, 0.15) is 23.0 Å². The van der Waals surface area contributed by atoms with Crippen molar-refractivity contribution in [2.75, 3.05) is 6.61 Å². The number of nitrogens with zero attached hydrogens (tertiary/aromatic N) is 1. The average molecular weight is 265 g/mol. The van der Waals surface area contributed by atoms with Crippen LogP contribution < -0.4 is 4.74 Å². The van der Waals surface area contributed by atoms with Crippen LogP contribution in [0.4, 0.5) is 13.2 Å². The molecule has 0 bridgehead atoms. The molecule has 0 unspecified atom stereocenters. The largest absolute Gasteiger partial charge is 0.573 e. The zero-order chi connectivity index (χ0) is 13.9. The number of hydrogen-bond donors (Lipinski definition) is 1. The lowest BCUT2D eigenvalue weighted by Gasteiger charge is -2.14. The molecule has 0 radical (unpaired) electrons. The number of hydrogen-bond acceptors (Lipinski definition) is 5. The highest BCUT2D eigenvalue weighted by Crippen LogP contribution is 2.35. The fraction of sp³-hybridized carbons (Fsp3) is 0.400. The molecule has 0 aliphatic heterocycles. The van der Waals surface area contributed by atoms with Crippen molar-refractivity contribution in [2.24, 2.45) is 0 Å². The molecule has 1 aromatic rings. The van der Waals surface area contributed by atoms with E-state index >= 15 is 0 Å². The molecule has 1 aromatic heterocycles. The van der Waals surface area contributed by atoms with E-state index < -0.39 is 23.8 Å². The van der Waals surface area contributed by atoms with Crippen LogP contribution in [-0.4, -0.2) is 29.0 Å². The van der Waals surface area contributed by atoms with E-state index in [1.54, 1.807) is 6.92 Å². The standard InChI is InChI=1S/C10H10F3NO4/c1-3-17-9(16)7-5(2)8(6(15)4-14-7)18-10(11,12)13/h4,15H,3H2,1-2H3. The van der Waals surface area contributed by atoms with E-state index in [1.807, 2.05) is 0 Å². The summed E-state index contributed by atoms with van der Waals surface area (Å²) in [6.45, 7) is 2.76. The first-order chi connectivity index (χ1) is 8.26. The van der Waals surface area contributed by atoms with Crippen LogP contribution in [0.2, 0.25) is 0 Å². The van der Waals surface area contributed by atoms with E-state index in [0.29, 0.717) is 6.20 Å². The minimum atomic E-state index is -4.98. The van der Waals surface area contributed by atoms with Gasteiger partial charge in [0.2, 0.25) is 0 Å². The van der Waals surface area contributed by atoms with Crippen molar-refractivity contribution < 1.29 is 32.5 Å². The highest BCUT2D eigenvalue weighted by atomic mass is 19.4. The summed E-state index contributed by atoms with van der Waals surface area (Å²) < 4.78 is 44.6. The first-order valence-electron chi connectivity index (χ1n) is 4.87. The smallest absolute Gasteiger partial charge is 0.503 e. The molecule has 5 nitrogen and oxygen atoms in total. The van der Waals surface area contributed by atoms with E-state index in [4.69, 9.17) is 0 Å². The van der Waals surface area contributed by atoms with Gasteiger partial charge in [-0.1, -0.05) is 0 Å². The minimum absolute atomic E-state index is 0.0519. The van der Waals surface area contributed by atoms with Crippen molar-refractivity contribution in [1.29, 1.82) is 0 Å². The Labute approximate surface area is 100 Å². The Morgan fingerprint density at radius 2 is 2.11 bits per heavy atom. The molecule has 0 aliphatic rings. The molecule has 0 atom stereocenters. The number of carbonyl (C=O) groups excluding carboxylic acids is 1. The summed E-state index contributed by atoms with van der Waals surface area (Å²) in [6.07, 6.45) is -4.28. The summed E-state index contributed by atoms with van der Waals surface area (Å²) in [6, 6.07) is 0. The normalized spacial score (nSPS) is 11.2. The molecular formula is C10H10F3NO4. The molecular weight excluding hydrogens is 255 g/mol. The van der Waals surface area contributed by atoms with E-state index in [2.05, 4.69) is 14.5 Å². The van der Waals surface area contributed by atoms with Crippen LogP contribution in [0.3, 0.4) is 0 Å². The average Bonchev–Trinajstić information content (AvgIpc) is 2.23. The second-order valence-electron chi connectivity index (χ2n) is 3.21. The molecule has 0 saturated carbocycles. The van der Waals surface area contributed by atoms with Gasteiger partial charge >= 0.3 is 12.3 Å². The zero-order valence-electron chi connectivity index (χ0n) is 9.54. The van der Waals surface area contributed by atoms with Gasteiger partial charge in [0.25, 0.3) is 0 Å². The van der Waals surface area contributed by atoms with E-state index in [1.165, 1.54) is 6.92 Å². The van der Waals surface area contributed by atoms with Crippen LogP contribution >= 0.6 is 0 Å². The molecule has 0 spiro atoms. The van der Waals surface area contributed by atoms with Crippen molar-refractivity contribution in [3.63, 3.8) is 0 Å². The molecule has 8 heteroatoms. The maximum absolute atomic E-state index is 12.1. The number of aromatic nitrogens is 1. The highest BCUT2D eigenvalue weighted by molar-refractivity contribution is 5.89. The summed E-state index contributed by atoms with van der Waals surface area (Å²) in [5, 5.41) is 9.25. The quantitative estimate of drug-likeness (QED) is 0.848.